The van der Waals surface area contributed by atoms with Crippen molar-refractivity contribution in [3.05, 3.63) is 12.2 Å². The lowest BCUT2D eigenvalue weighted by molar-refractivity contribution is -0.157. The number of hydrogen-bond acceptors (Lipinski definition) is 3. The minimum Gasteiger partial charge on any atom is -0.456 e. The van der Waals surface area contributed by atoms with Crippen molar-refractivity contribution in [1.82, 2.24) is 4.90 Å². The van der Waals surface area contributed by atoms with Gasteiger partial charge in [-0.05, 0) is 45.6 Å². The maximum atomic E-state index is 12.0. The smallest absolute Gasteiger partial charge is 0.311 e. The molecular weight excluding hydrogens is 250 g/mol. The van der Waals surface area contributed by atoms with Crippen molar-refractivity contribution in [1.29, 1.82) is 0 Å². The first-order valence-electron chi connectivity index (χ1n) is 8.05. The molecule has 1 heterocycles. The summed E-state index contributed by atoms with van der Waals surface area (Å²) in [5, 5.41) is 0. The number of carbonyl (C=O) groups is 1. The molecule has 1 aliphatic carbocycles. The third-order valence-corrected chi connectivity index (χ3v) is 4.26. The van der Waals surface area contributed by atoms with Crippen molar-refractivity contribution in [2.75, 3.05) is 19.6 Å². The molecule has 3 nitrogen and oxygen atoms in total. The molecule has 2 rings (SSSR count). The molecular formula is C17H29NO2. The first-order valence-corrected chi connectivity index (χ1v) is 8.05. The molecule has 3 heteroatoms. The monoisotopic (exact) mass is 279 g/mol. The largest absolute Gasteiger partial charge is 0.456 e. The van der Waals surface area contributed by atoms with Crippen molar-refractivity contribution in [3.8, 4) is 0 Å². The van der Waals surface area contributed by atoms with Crippen LogP contribution in [-0.2, 0) is 9.53 Å². The molecule has 0 aromatic rings. The van der Waals surface area contributed by atoms with Crippen LogP contribution in [0.5, 0.6) is 0 Å². The molecule has 0 aromatic carbocycles. The Morgan fingerprint density at radius 1 is 1.25 bits per heavy atom. The lowest BCUT2D eigenvalue weighted by atomic mass is 9.88. The van der Waals surface area contributed by atoms with E-state index in [0.29, 0.717) is 0 Å². The van der Waals surface area contributed by atoms with Gasteiger partial charge in [-0.3, -0.25) is 9.69 Å². The quantitative estimate of drug-likeness (QED) is 0.586. The van der Waals surface area contributed by atoms with E-state index < -0.39 is 5.41 Å². The number of ether oxygens (including phenoxy) is 1. The van der Waals surface area contributed by atoms with Crippen molar-refractivity contribution in [2.45, 2.75) is 59.0 Å². The molecule has 114 valence electrons. The molecule has 0 radical (unpaired) electrons. The number of esters is 1. The van der Waals surface area contributed by atoms with E-state index in [9.17, 15) is 4.79 Å². The van der Waals surface area contributed by atoms with Crippen LogP contribution in [0, 0.1) is 11.3 Å². The van der Waals surface area contributed by atoms with Crippen LogP contribution in [0.2, 0.25) is 0 Å². The minimum absolute atomic E-state index is 0.0703. The lowest BCUT2D eigenvalue weighted by Gasteiger charge is -2.33. The van der Waals surface area contributed by atoms with E-state index in [1.807, 2.05) is 26.8 Å². The van der Waals surface area contributed by atoms with Crippen LogP contribution < -0.4 is 0 Å². The zero-order valence-corrected chi connectivity index (χ0v) is 13.2. The van der Waals surface area contributed by atoms with Gasteiger partial charge in [-0.2, -0.15) is 0 Å². The second-order valence-corrected chi connectivity index (χ2v) is 7.34. The second kappa shape index (κ2) is 6.75. The normalized spacial score (nSPS) is 25.6. The van der Waals surface area contributed by atoms with Crippen LogP contribution in [0.4, 0.5) is 0 Å². The predicted octanol–water partition coefficient (Wildman–Crippen LogP) is 3.40. The number of carbonyl (C=O) groups excluding carboxylic acids is 1. The summed E-state index contributed by atoms with van der Waals surface area (Å²) in [5.74, 6) is 0.737. The lowest BCUT2D eigenvalue weighted by Crippen LogP contribution is -2.41. The zero-order chi connectivity index (χ0) is 14.6. The summed E-state index contributed by atoms with van der Waals surface area (Å²) in [7, 11) is 0. The second-order valence-electron chi connectivity index (χ2n) is 7.34. The first-order chi connectivity index (χ1) is 9.45. The van der Waals surface area contributed by atoms with Gasteiger partial charge in [0, 0.05) is 19.6 Å². The molecule has 0 bridgehead atoms. The summed E-state index contributed by atoms with van der Waals surface area (Å²) in [6, 6.07) is 0. The van der Waals surface area contributed by atoms with Gasteiger partial charge >= 0.3 is 5.97 Å². The van der Waals surface area contributed by atoms with E-state index in [-0.39, 0.29) is 12.1 Å². The van der Waals surface area contributed by atoms with Crippen LogP contribution in [0.15, 0.2) is 12.2 Å². The third-order valence-electron chi connectivity index (χ3n) is 4.26. The van der Waals surface area contributed by atoms with Gasteiger partial charge in [0.25, 0.3) is 0 Å². The average molecular weight is 279 g/mol. The van der Waals surface area contributed by atoms with Crippen LogP contribution in [0.1, 0.15) is 52.9 Å². The molecule has 0 saturated heterocycles. The molecule has 0 amide bonds. The fourth-order valence-corrected chi connectivity index (χ4v) is 3.03. The Hall–Kier alpha value is -0.830. The van der Waals surface area contributed by atoms with Crippen LogP contribution >= 0.6 is 0 Å². The van der Waals surface area contributed by atoms with Gasteiger partial charge in [-0.15, -0.1) is 0 Å². The van der Waals surface area contributed by atoms with Crippen molar-refractivity contribution in [2.24, 2.45) is 11.3 Å². The molecule has 1 aliphatic heterocycles. The summed E-state index contributed by atoms with van der Waals surface area (Å²) in [4.78, 5) is 14.4. The van der Waals surface area contributed by atoms with Gasteiger partial charge in [0.05, 0.1) is 5.41 Å². The Balaban J connectivity index is 1.81. The maximum absolute atomic E-state index is 12.0. The first kappa shape index (κ1) is 15.6. The van der Waals surface area contributed by atoms with Gasteiger partial charge < -0.3 is 4.74 Å². The summed E-state index contributed by atoms with van der Waals surface area (Å²) in [6.07, 6.45) is 11.0. The molecule has 20 heavy (non-hydrogen) atoms. The summed E-state index contributed by atoms with van der Waals surface area (Å²) < 4.78 is 5.61. The van der Waals surface area contributed by atoms with E-state index in [0.717, 1.165) is 25.6 Å². The fourth-order valence-electron chi connectivity index (χ4n) is 3.03. The molecule has 0 spiro atoms. The molecule has 2 aliphatic rings. The van der Waals surface area contributed by atoms with Crippen LogP contribution in [0.3, 0.4) is 0 Å². The maximum Gasteiger partial charge on any atom is 0.311 e. The van der Waals surface area contributed by atoms with Gasteiger partial charge in [0.15, 0.2) is 0 Å². The Labute approximate surface area is 123 Å². The highest BCUT2D eigenvalue weighted by molar-refractivity contribution is 5.75. The minimum atomic E-state index is -0.417. The molecule has 0 N–H and O–H groups in total. The summed E-state index contributed by atoms with van der Waals surface area (Å²) >= 11 is 0. The molecule has 1 fully saturated rings. The van der Waals surface area contributed by atoms with Crippen molar-refractivity contribution < 1.29 is 9.53 Å². The number of rotatable bonds is 3. The van der Waals surface area contributed by atoms with E-state index in [4.69, 9.17) is 4.74 Å². The van der Waals surface area contributed by atoms with E-state index in [1.165, 1.54) is 32.1 Å². The van der Waals surface area contributed by atoms with Gasteiger partial charge in [-0.1, -0.05) is 25.3 Å². The van der Waals surface area contributed by atoms with Gasteiger partial charge in [0.2, 0.25) is 0 Å². The predicted molar refractivity (Wildman–Crippen MR) is 81.5 cm³/mol. The summed E-state index contributed by atoms with van der Waals surface area (Å²) in [5.41, 5.74) is -0.417. The standard InChI is InChI=1S/C17H29NO2/c1-17(2,3)16(19)20-15-10-7-11-18(13-15)12-14-8-5-4-6-9-14/h7,10,14-15H,4-6,8-9,11-13H2,1-3H3. The Kier molecular flexibility index (Phi) is 5.25. The topological polar surface area (TPSA) is 29.5 Å². The van der Waals surface area contributed by atoms with Crippen LogP contribution in [-0.4, -0.2) is 36.6 Å². The molecule has 1 saturated carbocycles. The zero-order valence-electron chi connectivity index (χ0n) is 13.2. The van der Waals surface area contributed by atoms with Crippen molar-refractivity contribution >= 4 is 5.97 Å². The Bertz CT molecular complexity index is 350. The highest BCUT2D eigenvalue weighted by Gasteiger charge is 2.28. The van der Waals surface area contributed by atoms with E-state index >= 15 is 0 Å². The summed E-state index contributed by atoms with van der Waals surface area (Å²) in [6.45, 7) is 8.73. The molecule has 0 aromatic heterocycles. The molecule has 1 unspecified atom stereocenters. The SMILES string of the molecule is CC(C)(C)C(=O)OC1C=CCN(CC2CCCCC2)C1. The third kappa shape index (κ3) is 4.62. The van der Waals surface area contributed by atoms with Crippen molar-refractivity contribution in [3.63, 3.8) is 0 Å². The molecule has 1 atom stereocenters. The highest BCUT2D eigenvalue weighted by atomic mass is 16.5. The fraction of sp³-hybridized carbons (Fsp3) is 0.824. The van der Waals surface area contributed by atoms with E-state index in [2.05, 4.69) is 11.0 Å². The number of nitrogens with zero attached hydrogens (tertiary/aromatic N) is 1. The average Bonchev–Trinajstić information content (AvgIpc) is 2.39. The van der Waals surface area contributed by atoms with Crippen LogP contribution in [0.25, 0.3) is 0 Å². The van der Waals surface area contributed by atoms with Gasteiger partial charge in [-0.25, -0.2) is 0 Å². The van der Waals surface area contributed by atoms with Gasteiger partial charge in [0.1, 0.15) is 6.10 Å². The number of hydrogen-bond donors (Lipinski definition) is 0. The Morgan fingerprint density at radius 3 is 2.60 bits per heavy atom. The van der Waals surface area contributed by atoms with E-state index in [1.54, 1.807) is 0 Å². The Morgan fingerprint density at radius 2 is 1.95 bits per heavy atom. The highest BCUT2D eigenvalue weighted by Crippen LogP contribution is 2.25.